The Labute approximate surface area is 177 Å². The number of nitrogens with zero attached hydrogens (tertiary/aromatic N) is 2. The summed E-state index contributed by atoms with van der Waals surface area (Å²) >= 11 is 0. The minimum atomic E-state index is -0.0939. The number of carbonyl (C=O) groups excluding carboxylic acids is 1. The molecule has 7 heteroatoms. The predicted octanol–water partition coefficient (Wildman–Crippen LogP) is 2.28. The van der Waals surface area contributed by atoms with Crippen molar-refractivity contribution in [3.05, 3.63) is 0 Å². The SMILES string of the molecule is CN1CCC(N2CCC(NC(=O)[C@@]34CCCC[C@H]3CNC4)CC2)CC1.Cl.Cl. The third kappa shape index (κ3) is 4.92. The van der Waals surface area contributed by atoms with Crippen molar-refractivity contribution in [3.8, 4) is 0 Å². The molecule has 2 atom stereocenters. The molecule has 3 heterocycles. The van der Waals surface area contributed by atoms with Crippen LogP contribution in [0.2, 0.25) is 0 Å². The smallest absolute Gasteiger partial charge is 0.228 e. The van der Waals surface area contributed by atoms with Gasteiger partial charge in [-0.25, -0.2) is 0 Å². The third-order valence-electron chi connectivity index (χ3n) is 7.56. The molecule has 0 radical (unpaired) electrons. The molecule has 3 saturated heterocycles. The maximum absolute atomic E-state index is 13.1. The fourth-order valence-corrected chi connectivity index (χ4v) is 5.79. The molecule has 0 unspecified atom stereocenters. The minimum Gasteiger partial charge on any atom is -0.353 e. The topological polar surface area (TPSA) is 47.6 Å². The molecule has 4 aliphatic rings. The zero-order valence-electron chi connectivity index (χ0n) is 16.8. The Kier molecular flexibility index (Phi) is 8.69. The number of hydrogen-bond donors (Lipinski definition) is 2. The van der Waals surface area contributed by atoms with Crippen LogP contribution in [0.15, 0.2) is 0 Å². The van der Waals surface area contributed by atoms with E-state index in [1.807, 2.05) is 0 Å². The molecule has 27 heavy (non-hydrogen) atoms. The summed E-state index contributed by atoms with van der Waals surface area (Å²) in [6, 6.07) is 1.17. The van der Waals surface area contributed by atoms with E-state index < -0.39 is 0 Å². The molecule has 5 nitrogen and oxygen atoms in total. The summed E-state index contributed by atoms with van der Waals surface area (Å²) in [7, 11) is 2.23. The fourth-order valence-electron chi connectivity index (χ4n) is 5.79. The van der Waals surface area contributed by atoms with Crippen molar-refractivity contribution >= 4 is 30.7 Å². The first-order valence-electron chi connectivity index (χ1n) is 10.6. The van der Waals surface area contributed by atoms with Crippen molar-refractivity contribution in [3.63, 3.8) is 0 Å². The molecular formula is C20H38Cl2N4O. The van der Waals surface area contributed by atoms with Crippen LogP contribution in [0.25, 0.3) is 0 Å². The van der Waals surface area contributed by atoms with Crippen LogP contribution >= 0.6 is 24.8 Å². The highest BCUT2D eigenvalue weighted by Gasteiger charge is 2.50. The Morgan fingerprint density at radius 2 is 1.70 bits per heavy atom. The summed E-state index contributed by atoms with van der Waals surface area (Å²) in [5.74, 6) is 0.931. The summed E-state index contributed by atoms with van der Waals surface area (Å²) in [6.07, 6.45) is 9.73. The predicted molar refractivity (Wildman–Crippen MR) is 115 cm³/mol. The van der Waals surface area contributed by atoms with Gasteiger partial charge < -0.3 is 20.4 Å². The molecule has 1 saturated carbocycles. The normalized spacial score (nSPS) is 33.6. The molecule has 4 fully saturated rings. The molecule has 3 aliphatic heterocycles. The van der Waals surface area contributed by atoms with Gasteiger partial charge in [-0.1, -0.05) is 12.8 Å². The summed E-state index contributed by atoms with van der Waals surface area (Å²) in [5, 5.41) is 6.97. The second-order valence-electron chi connectivity index (χ2n) is 9.05. The molecule has 0 aromatic heterocycles. The van der Waals surface area contributed by atoms with E-state index in [0.29, 0.717) is 17.9 Å². The Morgan fingerprint density at radius 3 is 2.41 bits per heavy atom. The molecule has 158 valence electrons. The van der Waals surface area contributed by atoms with Gasteiger partial charge in [-0.3, -0.25) is 4.79 Å². The van der Waals surface area contributed by atoms with Crippen molar-refractivity contribution in [1.82, 2.24) is 20.4 Å². The number of likely N-dealkylation sites (tertiary alicyclic amines) is 2. The first-order valence-corrected chi connectivity index (χ1v) is 10.6. The van der Waals surface area contributed by atoms with Gasteiger partial charge in [0.1, 0.15) is 0 Å². The molecule has 1 amide bonds. The number of rotatable bonds is 3. The fraction of sp³-hybridized carbons (Fsp3) is 0.950. The lowest BCUT2D eigenvalue weighted by Gasteiger charge is -2.42. The van der Waals surface area contributed by atoms with E-state index in [0.717, 1.165) is 51.5 Å². The Bertz CT molecular complexity index is 479. The van der Waals surface area contributed by atoms with Crippen LogP contribution in [-0.4, -0.2) is 74.1 Å². The van der Waals surface area contributed by atoms with Crippen LogP contribution in [-0.2, 0) is 4.79 Å². The zero-order chi connectivity index (χ0) is 17.3. The number of piperidine rings is 2. The number of nitrogens with one attached hydrogen (secondary N) is 2. The number of carbonyl (C=O) groups is 1. The van der Waals surface area contributed by atoms with E-state index in [1.54, 1.807) is 0 Å². The number of fused-ring (bicyclic) bond motifs is 1. The number of hydrogen-bond acceptors (Lipinski definition) is 4. The van der Waals surface area contributed by atoms with Gasteiger partial charge in [0.05, 0.1) is 5.41 Å². The second-order valence-corrected chi connectivity index (χ2v) is 9.05. The van der Waals surface area contributed by atoms with Gasteiger partial charge in [0, 0.05) is 31.7 Å². The van der Waals surface area contributed by atoms with Gasteiger partial charge in [0.25, 0.3) is 0 Å². The van der Waals surface area contributed by atoms with Crippen LogP contribution < -0.4 is 10.6 Å². The highest BCUT2D eigenvalue weighted by Crippen LogP contribution is 2.44. The standard InChI is InChI=1S/C20H36N4O.2ClH/c1-23-10-7-18(8-11-23)24-12-5-17(6-13-24)22-19(25)20-9-3-2-4-16(20)14-21-15-20;;/h16-18,21H,2-15H2,1H3,(H,22,25);2*1H/t16-,20+;;/m0../s1. The Balaban J connectivity index is 0.00000131. The molecule has 0 spiro atoms. The minimum absolute atomic E-state index is 0. The molecular weight excluding hydrogens is 383 g/mol. The molecule has 0 aromatic carbocycles. The summed E-state index contributed by atoms with van der Waals surface area (Å²) in [5.41, 5.74) is -0.0939. The zero-order valence-corrected chi connectivity index (χ0v) is 18.4. The number of halogens is 2. The van der Waals surface area contributed by atoms with Crippen LogP contribution in [0.1, 0.15) is 51.4 Å². The van der Waals surface area contributed by atoms with E-state index in [-0.39, 0.29) is 30.2 Å². The Morgan fingerprint density at radius 1 is 1.00 bits per heavy atom. The monoisotopic (exact) mass is 420 g/mol. The van der Waals surface area contributed by atoms with Crippen LogP contribution in [0, 0.1) is 11.3 Å². The Hall–Kier alpha value is -0.0700. The van der Waals surface area contributed by atoms with Crippen molar-refractivity contribution in [2.45, 2.75) is 63.5 Å². The number of amides is 1. The summed E-state index contributed by atoms with van der Waals surface area (Å²) in [4.78, 5) is 18.3. The van der Waals surface area contributed by atoms with E-state index in [1.165, 1.54) is 45.2 Å². The van der Waals surface area contributed by atoms with Crippen LogP contribution in [0.3, 0.4) is 0 Å². The van der Waals surface area contributed by atoms with Gasteiger partial charge in [0.15, 0.2) is 0 Å². The van der Waals surface area contributed by atoms with Crippen LogP contribution in [0.4, 0.5) is 0 Å². The maximum Gasteiger partial charge on any atom is 0.228 e. The lowest BCUT2D eigenvalue weighted by atomic mass is 9.67. The molecule has 0 bridgehead atoms. The lowest BCUT2D eigenvalue weighted by molar-refractivity contribution is -0.135. The molecule has 1 aliphatic carbocycles. The highest BCUT2D eigenvalue weighted by molar-refractivity contribution is 5.85. The van der Waals surface area contributed by atoms with E-state index >= 15 is 0 Å². The van der Waals surface area contributed by atoms with E-state index in [2.05, 4.69) is 27.5 Å². The quantitative estimate of drug-likeness (QED) is 0.734. The summed E-state index contributed by atoms with van der Waals surface area (Å²) < 4.78 is 0. The summed E-state index contributed by atoms with van der Waals surface area (Å²) in [6.45, 7) is 6.73. The van der Waals surface area contributed by atoms with Gasteiger partial charge in [0.2, 0.25) is 5.91 Å². The van der Waals surface area contributed by atoms with E-state index in [9.17, 15) is 4.79 Å². The molecule has 4 rings (SSSR count). The van der Waals surface area contributed by atoms with Crippen molar-refractivity contribution in [2.24, 2.45) is 11.3 Å². The van der Waals surface area contributed by atoms with Gasteiger partial charge in [-0.05, 0) is 71.1 Å². The molecule has 2 N–H and O–H groups in total. The van der Waals surface area contributed by atoms with Crippen LogP contribution in [0.5, 0.6) is 0 Å². The van der Waals surface area contributed by atoms with Crippen molar-refractivity contribution in [2.75, 3.05) is 46.3 Å². The van der Waals surface area contributed by atoms with Gasteiger partial charge in [-0.15, -0.1) is 24.8 Å². The maximum atomic E-state index is 13.1. The highest BCUT2D eigenvalue weighted by atomic mass is 35.5. The average molecular weight is 421 g/mol. The van der Waals surface area contributed by atoms with Crippen molar-refractivity contribution < 1.29 is 4.79 Å². The third-order valence-corrected chi connectivity index (χ3v) is 7.56. The van der Waals surface area contributed by atoms with Crippen molar-refractivity contribution in [1.29, 1.82) is 0 Å². The largest absolute Gasteiger partial charge is 0.353 e. The molecule has 0 aromatic rings. The van der Waals surface area contributed by atoms with Gasteiger partial charge >= 0.3 is 0 Å². The first-order chi connectivity index (χ1) is 12.2. The van der Waals surface area contributed by atoms with Gasteiger partial charge in [-0.2, -0.15) is 0 Å². The van der Waals surface area contributed by atoms with E-state index in [4.69, 9.17) is 0 Å². The second kappa shape index (κ2) is 10.1. The lowest BCUT2D eigenvalue weighted by Crippen LogP contribution is -2.54. The average Bonchev–Trinajstić information content (AvgIpc) is 3.08. The first kappa shape index (κ1) is 23.2.